The van der Waals surface area contributed by atoms with Crippen LogP contribution in [0.1, 0.15) is 55.9 Å². The second-order valence-corrected chi connectivity index (χ2v) is 33.6. The van der Waals surface area contributed by atoms with E-state index in [1.165, 1.54) is 0 Å². The fraction of sp³-hybridized carbons (Fsp3) is 0. The lowest BCUT2D eigenvalue weighted by molar-refractivity contribution is 1.25. The predicted octanol–water partition coefficient (Wildman–Crippen LogP) is 31.2. The van der Waals surface area contributed by atoms with Crippen molar-refractivity contribution in [1.29, 1.82) is 0 Å². The molecule has 0 saturated carbocycles. The molecule has 4 nitrogen and oxygen atoms in total. The van der Waals surface area contributed by atoms with E-state index in [2.05, 4.69) is 9.97 Å². The minimum atomic E-state index is 0.317. The first-order valence-electron chi connectivity index (χ1n) is 34.4. The molecule has 0 atom stereocenters. The normalized spacial score (nSPS) is 13.6. The Morgan fingerprint density at radius 2 is 0.366 bits per heavy atom. The molecule has 0 spiro atoms. The quantitative estimate of drug-likeness (QED) is 0.122. The van der Waals surface area contributed by atoms with Crippen molar-refractivity contribution in [3.63, 3.8) is 0 Å². The van der Waals surface area contributed by atoms with Crippen LogP contribution in [-0.4, -0.2) is 21.4 Å². The van der Waals surface area contributed by atoms with E-state index in [4.69, 9.17) is 196 Å². The number of aliphatic imine (C=N–C) groups is 2. The number of hydrogen-bond donors (Lipinski definition) is 2. The number of aromatic nitrogens is 2. The molecule has 17 rings (SSSR count). The molecule has 12 aromatic carbocycles. The monoisotopic (exact) mass is 1770 g/mol. The summed E-state index contributed by atoms with van der Waals surface area (Å²) in [6.45, 7) is 0. The van der Waals surface area contributed by atoms with Crippen molar-refractivity contribution in [1.82, 2.24) is 9.97 Å². The standard InChI is InChI=1S/C92H46Cl16N4/c93-57-21-49(22-58(94)37-57)73-75(51-25-61(97)39-62(98)26-51)87-82(46-15-7-2-8-16-46)89-77(53-29-65(101)41-66(102)30-53)79(55-33-69(105)43-70(106)34-55)91(111-89)84(48-19-11-4-12-20-48)92-80(56-35-71(107)44-72(108)36-56)78(54-31-67(103)42-68(104)32-54)90(112-92)83(47-17-9-3-10-18-47)88-76(52-27-63(99)40-64(100)28-52)74(50-23-59(95)38-60(96)24-50)86(110-88)81(85(73)109-87)45-13-5-1-6-14-45/h1-44,109,112H. The van der Waals surface area contributed by atoms with E-state index in [-0.39, 0.29) is 0 Å². The number of H-pyrrole nitrogens is 2. The van der Waals surface area contributed by atoms with Gasteiger partial charge >= 0.3 is 0 Å². The Morgan fingerprint density at radius 3 is 0.598 bits per heavy atom. The third-order valence-corrected chi connectivity index (χ3v) is 22.8. The topological polar surface area (TPSA) is 56.3 Å². The highest BCUT2D eigenvalue weighted by atomic mass is 35.5. The molecule has 1 aliphatic carbocycles. The molecular weight excluding hydrogens is 1730 g/mol. The van der Waals surface area contributed by atoms with Gasteiger partial charge < -0.3 is 9.97 Å². The number of nitrogens with zero attached hydrogens (tertiary/aromatic N) is 2. The van der Waals surface area contributed by atoms with Crippen molar-refractivity contribution in [3.8, 4) is 44.5 Å². The third-order valence-electron chi connectivity index (χ3n) is 19.3. The summed E-state index contributed by atoms with van der Waals surface area (Å²) in [5.74, 6) is 0. The zero-order valence-electron chi connectivity index (χ0n) is 57.3. The van der Waals surface area contributed by atoms with Crippen molar-refractivity contribution < 1.29 is 0 Å². The second-order valence-electron chi connectivity index (χ2n) is 26.6. The van der Waals surface area contributed by atoms with Crippen LogP contribution in [-0.2, 0) is 0 Å². The third kappa shape index (κ3) is 14.9. The predicted molar refractivity (Wildman–Crippen MR) is 480 cm³/mol. The first-order valence-corrected chi connectivity index (χ1v) is 40.5. The maximum atomic E-state index is 7.40. The molecule has 2 N–H and O–H groups in total. The van der Waals surface area contributed by atoms with E-state index >= 15 is 0 Å². The van der Waals surface area contributed by atoms with Gasteiger partial charge in [-0.2, -0.15) is 0 Å². The van der Waals surface area contributed by atoms with E-state index < -0.39 is 0 Å². The molecule has 0 fully saturated rings. The fourth-order valence-corrected chi connectivity index (χ4v) is 19.5. The Hall–Kier alpha value is -8.12. The summed E-state index contributed by atoms with van der Waals surface area (Å²) < 4.78 is 0. The van der Waals surface area contributed by atoms with Gasteiger partial charge in [0.1, 0.15) is 0 Å². The summed E-state index contributed by atoms with van der Waals surface area (Å²) >= 11 is 118. The Kier molecular flexibility index (Phi) is 21.6. The van der Waals surface area contributed by atoms with Gasteiger partial charge in [-0.15, -0.1) is 0 Å². The number of hydrogen-bond acceptors (Lipinski definition) is 2. The Bertz CT molecular complexity index is 6110. The number of rotatable bonds is 12. The lowest BCUT2D eigenvalue weighted by Crippen LogP contribution is -2.23. The molecule has 0 saturated heterocycles. The largest absolute Gasteiger partial charge is 0.353 e. The van der Waals surface area contributed by atoms with Crippen molar-refractivity contribution in [2.75, 3.05) is 0 Å². The Balaban J connectivity index is 1.28. The summed E-state index contributed by atoms with van der Waals surface area (Å²) in [5, 5.41) is 6.06. The number of halogens is 16. The molecule has 8 bridgehead atoms. The van der Waals surface area contributed by atoms with Crippen molar-refractivity contribution in [3.05, 3.63) is 425 Å². The van der Waals surface area contributed by atoms with Crippen LogP contribution in [0.25, 0.3) is 89.1 Å². The summed E-state index contributed by atoms with van der Waals surface area (Å²) in [5.41, 5.74) is 16.1. The molecule has 3 aliphatic rings. The summed E-state index contributed by atoms with van der Waals surface area (Å²) in [6.07, 6.45) is 0. The van der Waals surface area contributed by atoms with Crippen LogP contribution in [0.3, 0.4) is 0 Å². The molecule has 4 heterocycles. The molecule has 20 heteroatoms. The minimum absolute atomic E-state index is 0.317. The van der Waals surface area contributed by atoms with Crippen LogP contribution in [0.2, 0.25) is 80.4 Å². The van der Waals surface area contributed by atoms with Crippen LogP contribution >= 0.6 is 186 Å². The average Bonchev–Trinajstić information content (AvgIpc) is 1.54. The smallest absolute Gasteiger partial charge is 0.0822 e. The first kappa shape index (κ1) is 76.5. The average molecular weight is 1770 g/mol. The first-order chi connectivity index (χ1) is 54.0. The van der Waals surface area contributed by atoms with E-state index in [9.17, 15) is 0 Å². The number of fused-ring (bicyclic) bond motifs is 10. The number of allylic oxidation sites excluding steroid dienone is 4. The van der Waals surface area contributed by atoms with Crippen LogP contribution in [0, 0.1) is 0 Å². The van der Waals surface area contributed by atoms with Crippen molar-refractivity contribution >= 4 is 242 Å². The van der Waals surface area contributed by atoms with Crippen LogP contribution in [0.15, 0.2) is 288 Å². The number of aromatic amines is 2. The fourth-order valence-electron chi connectivity index (χ4n) is 15.3. The van der Waals surface area contributed by atoms with E-state index in [0.29, 0.717) is 259 Å². The maximum Gasteiger partial charge on any atom is 0.0822 e. The maximum absolute atomic E-state index is 7.40. The van der Waals surface area contributed by atoms with E-state index in [1.54, 1.807) is 48.5 Å². The highest BCUT2D eigenvalue weighted by Gasteiger charge is 2.41. The van der Waals surface area contributed by atoms with Gasteiger partial charge in [-0.3, -0.25) is 0 Å². The summed E-state index contributed by atoms with van der Waals surface area (Å²) in [4.78, 5) is 21.2. The Labute approximate surface area is 723 Å². The summed E-state index contributed by atoms with van der Waals surface area (Å²) in [7, 11) is 0. The van der Waals surface area contributed by atoms with Gasteiger partial charge in [-0.25, -0.2) is 9.98 Å². The van der Waals surface area contributed by atoms with Gasteiger partial charge in [0.15, 0.2) is 0 Å². The van der Waals surface area contributed by atoms with Gasteiger partial charge in [-0.05, 0) is 212 Å². The summed E-state index contributed by atoms with van der Waals surface area (Å²) in [6, 6.07) is 83.0. The SMILES string of the molecule is Clc1cc(Cl)cc(C2=C(c3cc(Cl)cc(Cl)c3)C3=C(c4ccccc4)c4[nH]c(c(-c5cc(Cl)cc(Cl)c5)c4-c4cc(Cl)cc(Cl)c4)C(c4ccccc4)=C4N=C(C(c5cc(Cl)cc(Cl)c5)=C4c4cc(Cl)cc(Cl)c4)C(c4ccccc4)=c4[nH]c(c(-c5cc(Cl)cc(Cl)c5)c4-c4cc(Cl)cc(Cl)c4)=C(c4ccccc4)C2=N3)c1. The molecule has 0 radical (unpaired) electrons. The lowest BCUT2D eigenvalue weighted by Gasteiger charge is -2.18. The Morgan fingerprint density at radius 1 is 0.170 bits per heavy atom. The molecule has 0 unspecified atom stereocenters. The van der Waals surface area contributed by atoms with E-state index in [0.717, 1.165) is 0 Å². The van der Waals surface area contributed by atoms with Gasteiger partial charge in [0.2, 0.25) is 0 Å². The number of benzene rings is 12. The van der Waals surface area contributed by atoms with Crippen molar-refractivity contribution in [2.24, 2.45) is 9.98 Å². The number of nitrogens with one attached hydrogen (secondary N) is 2. The zero-order chi connectivity index (χ0) is 77.7. The zero-order valence-corrected chi connectivity index (χ0v) is 69.4. The van der Waals surface area contributed by atoms with Gasteiger partial charge in [0.25, 0.3) is 0 Å². The van der Waals surface area contributed by atoms with Crippen LogP contribution < -0.4 is 10.7 Å². The van der Waals surface area contributed by atoms with Crippen molar-refractivity contribution in [2.45, 2.75) is 0 Å². The molecule has 0 amide bonds. The second kappa shape index (κ2) is 31.6. The highest BCUT2D eigenvalue weighted by molar-refractivity contribution is 6.54. The minimum Gasteiger partial charge on any atom is -0.353 e. The molecule has 112 heavy (non-hydrogen) atoms. The van der Waals surface area contributed by atoms with Crippen LogP contribution in [0.4, 0.5) is 0 Å². The van der Waals surface area contributed by atoms with E-state index in [1.807, 2.05) is 218 Å². The van der Waals surface area contributed by atoms with Gasteiger partial charge in [-0.1, -0.05) is 307 Å². The lowest BCUT2D eigenvalue weighted by atomic mass is 9.83. The van der Waals surface area contributed by atoms with Gasteiger partial charge in [0, 0.05) is 147 Å². The molecule has 2 aromatic heterocycles. The molecule has 14 aromatic rings. The molecule has 2 aliphatic heterocycles. The molecular formula is C92H46Cl16N4. The highest BCUT2D eigenvalue weighted by Crippen LogP contribution is 2.56. The molecule has 546 valence electrons. The van der Waals surface area contributed by atoms with Gasteiger partial charge in [0.05, 0.1) is 44.9 Å². The van der Waals surface area contributed by atoms with Crippen LogP contribution in [0.5, 0.6) is 0 Å².